The van der Waals surface area contributed by atoms with Crippen molar-refractivity contribution in [2.75, 3.05) is 32.7 Å². The van der Waals surface area contributed by atoms with Gasteiger partial charge in [0.2, 0.25) is 0 Å². The summed E-state index contributed by atoms with van der Waals surface area (Å²) in [7, 11) is 0. The van der Waals surface area contributed by atoms with Gasteiger partial charge in [-0.25, -0.2) is 0 Å². The third kappa shape index (κ3) is 3.69. The summed E-state index contributed by atoms with van der Waals surface area (Å²) in [5, 5.41) is 3.79. The summed E-state index contributed by atoms with van der Waals surface area (Å²) in [6.07, 6.45) is 1.17. The lowest BCUT2D eigenvalue weighted by atomic mass is 10.1. The molecule has 1 aromatic heterocycles. The van der Waals surface area contributed by atoms with Crippen LogP contribution in [0.1, 0.15) is 11.1 Å². The minimum atomic E-state index is 1.09. The standard InChI is InChI=1S/C21H24N2S/c1-2-6-18(7-3-1)16-23-14-12-22(13-15-23)11-10-19-17-24-21-9-5-4-8-20(19)21/h1-9,17H,10-16H2. The molecule has 0 radical (unpaired) electrons. The van der Waals surface area contributed by atoms with Gasteiger partial charge >= 0.3 is 0 Å². The van der Waals surface area contributed by atoms with Crippen LogP contribution in [0.15, 0.2) is 60.0 Å². The summed E-state index contributed by atoms with van der Waals surface area (Å²) < 4.78 is 1.42. The second-order valence-corrected chi connectivity index (χ2v) is 7.52. The van der Waals surface area contributed by atoms with E-state index in [1.165, 1.54) is 60.4 Å². The van der Waals surface area contributed by atoms with Gasteiger partial charge in [-0.1, -0.05) is 48.5 Å². The van der Waals surface area contributed by atoms with Crippen LogP contribution in [0.5, 0.6) is 0 Å². The molecule has 1 saturated heterocycles. The van der Waals surface area contributed by atoms with Gasteiger partial charge in [-0.3, -0.25) is 4.90 Å². The molecular weight excluding hydrogens is 312 g/mol. The van der Waals surface area contributed by atoms with Crippen molar-refractivity contribution in [1.82, 2.24) is 9.80 Å². The summed E-state index contributed by atoms with van der Waals surface area (Å²) in [6.45, 7) is 7.01. The van der Waals surface area contributed by atoms with Crippen LogP contribution in [-0.4, -0.2) is 42.5 Å². The zero-order valence-electron chi connectivity index (χ0n) is 14.0. The lowest BCUT2D eigenvalue weighted by Crippen LogP contribution is -2.46. The van der Waals surface area contributed by atoms with Crippen LogP contribution in [0.4, 0.5) is 0 Å². The summed E-state index contributed by atoms with van der Waals surface area (Å²) in [5.74, 6) is 0. The molecule has 1 fully saturated rings. The lowest BCUT2D eigenvalue weighted by molar-refractivity contribution is 0.128. The number of piperazine rings is 1. The molecule has 0 spiro atoms. The number of fused-ring (bicyclic) bond motifs is 1. The van der Waals surface area contributed by atoms with Gasteiger partial charge in [-0.2, -0.15) is 0 Å². The average molecular weight is 337 g/mol. The van der Waals surface area contributed by atoms with Crippen molar-refractivity contribution in [1.29, 1.82) is 0 Å². The maximum absolute atomic E-state index is 2.62. The first kappa shape index (κ1) is 15.8. The Morgan fingerprint density at radius 1 is 0.792 bits per heavy atom. The van der Waals surface area contributed by atoms with Gasteiger partial charge in [0.05, 0.1) is 0 Å². The molecule has 3 heteroatoms. The van der Waals surface area contributed by atoms with E-state index in [1.807, 2.05) is 11.3 Å². The van der Waals surface area contributed by atoms with Crippen LogP contribution in [0.3, 0.4) is 0 Å². The highest BCUT2D eigenvalue weighted by Crippen LogP contribution is 2.26. The maximum Gasteiger partial charge on any atom is 0.0345 e. The molecule has 0 bridgehead atoms. The summed E-state index contributed by atoms with van der Waals surface area (Å²) in [4.78, 5) is 5.19. The third-order valence-electron chi connectivity index (χ3n) is 4.97. The van der Waals surface area contributed by atoms with Crippen molar-refractivity contribution in [3.63, 3.8) is 0 Å². The zero-order chi connectivity index (χ0) is 16.2. The molecule has 2 heterocycles. The molecule has 124 valence electrons. The van der Waals surface area contributed by atoms with Crippen LogP contribution in [0.25, 0.3) is 10.1 Å². The van der Waals surface area contributed by atoms with E-state index < -0.39 is 0 Å². The van der Waals surface area contributed by atoms with Crippen LogP contribution >= 0.6 is 11.3 Å². The van der Waals surface area contributed by atoms with E-state index in [2.05, 4.69) is 69.8 Å². The van der Waals surface area contributed by atoms with Crippen molar-refractivity contribution in [2.24, 2.45) is 0 Å². The molecule has 4 rings (SSSR count). The van der Waals surface area contributed by atoms with Crippen LogP contribution in [0, 0.1) is 0 Å². The first-order valence-electron chi connectivity index (χ1n) is 8.82. The normalized spacial score (nSPS) is 16.7. The fourth-order valence-electron chi connectivity index (χ4n) is 3.52. The number of thiophene rings is 1. The molecule has 0 aliphatic carbocycles. The molecule has 1 aliphatic heterocycles. The Morgan fingerprint density at radius 3 is 2.33 bits per heavy atom. The Labute approximate surface area is 148 Å². The highest BCUT2D eigenvalue weighted by Gasteiger charge is 2.17. The molecule has 0 unspecified atom stereocenters. The van der Waals surface area contributed by atoms with Crippen molar-refractivity contribution >= 4 is 21.4 Å². The van der Waals surface area contributed by atoms with E-state index in [0.29, 0.717) is 0 Å². The zero-order valence-corrected chi connectivity index (χ0v) is 14.8. The van der Waals surface area contributed by atoms with Crippen molar-refractivity contribution in [3.05, 3.63) is 71.1 Å². The smallest absolute Gasteiger partial charge is 0.0345 e. The van der Waals surface area contributed by atoms with Crippen molar-refractivity contribution < 1.29 is 0 Å². The number of hydrogen-bond donors (Lipinski definition) is 0. The van der Waals surface area contributed by atoms with E-state index >= 15 is 0 Å². The van der Waals surface area contributed by atoms with Gasteiger partial charge in [-0.05, 0) is 34.4 Å². The van der Waals surface area contributed by atoms with Crippen molar-refractivity contribution in [3.8, 4) is 0 Å². The van der Waals surface area contributed by atoms with Crippen LogP contribution in [-0.2, 0) is 13.0 Å². The summed E-state index contributed by atoms with van der Waals surface area (Å²) in [5.41, 5.74) is 2.94. The number of hydrogen-bond acceptors (Lipinski definition) is 3. The van der Waals surface area contributed by atoms with Crippen LogP contribution < -0.4 is 0 Å². The number of benzene rings is 2. The maximum atomic E-state index is 2.62. The summed E-state index contributed by atoms with van der Waals surface area (Å²) >= 11 is 1.88. The Morgan fingerprint density at radius 2 is 1.50 bits per heavy atom. The number of nitrogens with zero attached hydrogens (tertiary/aromatic N) is 2. The molecule has 0 atom stereocenters. The molecular formula is C21H24N2S. The van der Waals surface area contributed by atoms with Gasteiger partial charge in [0, 0.05) is 44.0 Å². The predicted molar refractivity (Wildman–Crippen MR) is 104 cm³/mol. The highest BCUT2D eigenvalue weighted by molar-refractivity contribution is 7.17. The Balaban J connectivity index is 1.27. The Hall–Kier alpha value is -1.68. The summed E-state index contributed by atoms with van der Waals surface area (Å²) in [6, 6.07) is 19.6. The van der Waals surface area contributed by atoms with E-state index in [4.69, 9.17) is 0 Å². The number of rotatable bonds is 5. The van der Waals surface area contributed by atoms with Gasteiger partial charge in [0.25, 0.3) is 0 Å². The van der Waals surface area contributed by atoms with Gasteiger partial charge in [-0.15, -0.1) is 11.3 Å². The van der Waals surface area contributed by atoms with Crippen LogP contribution in [0.2, 0.25) is 0 Å². The molecule has 0 saturated carbocycles. The molecule has 2 nitrogen and oxygen atoms in total. The largest absolute Gasteiger partial charge is 0.300 e. The highest BCUT2D eigenvalue weighted by atomic mass is 32.1. The third-order valence-corrected chi connectivity index (χ3v) is 5.98. The molecule has 0 amide bonds. The van der Waals surface area contributed by atoms with E-state index in [9.17, 15) is 0 Å². The van der Waals surface area contributed by atoms with E-state index in [0.717, 1.165) is 6.54 Å². The fourth-order valence-corrected chi connectivity index (χ4v) is 4.51. The van der Waals surface area contributed by atoms with Gasteiger partial charge < -0.3 is 4.90 Å². The Kier molecular flexibility index (Phi) is 4.93. The minimum Gasteiger partial charge on any atom is -0.300 e. The van der Waals surface area contributed by atoms with Crippen molar-refractivity contribution in [2.45, 2.75) is 13.0 Å². The molecule has 3 aromatic rings. The lowest BCUT2D eigenvalue weighted by Gasteiger charge is -2.34. The molecule has 1 aliphatic rings. The first-order chi connectivity index (χ1) is 11.9. The molecule has 24 heavy (non-hydrogen) atoms. The molecule has 2 aromatic carbocycles. The second-order valence-electron chi connectivity index (χ2n) is 6.61. The SMILES string of the molecule is c1ccc(CN2CCN(CCc3csc4ccccc34)CC2)cc1. The fraction of sp³-hybridized carbons (Fsp3) is 0.333. The predicted octanol–water partition coefficient (Wildman–Crippen LogP) is 4.26. The Bertz CT molecular complexity index is 773. The second kappa shape index (κ2) is 7.47. The van der Waals surface area contributed by atoms with Gasteiger partial charge in [0.15, 0.2) is 0 Å². The van der Waals surface area contributed by atoms with E-state index in [1.54, 1.807) is 0 Å². The molecule has 0 N–H and O–H groups in total. The quantitative estimate of drug-likeness (QED) is 0.687. The topological polar surface area (TPSA) is 6.48 Å². The van der Waals surface area contributed by atoms with Gasteiger partial charge in [0.1, 0.15) is 0 Å². The van der Waals surface area contributed by atoms with E-state index in [-0.39, 0.29) is 0 Å². The average Bonchev–Trinajstić information content (AvgIpc) is 3.05. The minimum absolute atomic E-state index is 1.09. The first-order valence-corrected chi connectivity index (χ1v) is 9.70. The monoisotopic (exact) mass is 336 g/mol.